The van der Waals surface area contributed by atoms with Crippen molar-refractivity contribution in [3.05, 3.63) is 69.8 Å². The maximum Gasteiger partial charge on any atom is 0.272 e. The zero-order valence-corrected chi connectivity index (χ0v) is 15.6. The SMILES string of the molecule is Cc1cc(C(=O)N2CCN(S(=O)(=O)c3ccccc3)CC2)ccc1[N+](=O)[O-]. The molecule has 1 aliphatic heterocycles. The molecule has 1 aliphatic rings. The zero-order chi connectivity index (χ0) is 19.6. The lowest BCUT2D eigenvalue weighted by Crippen LogP contribution is -2.50. The van der Waals surface area contributed by atoms with E-state index in [0.29, 0.717) is 11.1 Å². The van der Waals surface area contributed by atoms with Crippen molar-refractivity contribution >= 4 is 21.6 Å². The topological polar surface area (TPSA) is 101 Å². The fourth-order valence-electron chi connectivity index (χ4n) is 3.05. The number of piperazine rings is 1. The molecule has 3 rings (SSSR count). The van der Waals surface area contributed by atoms with Gasteiger partial charge in [-0.15, -0.1) is 0 Å². The Bertz CT molecular complexity index is 968. The van der Waals surface area contributed by atoms with E-state index < -0.39 is 14.9 Å². The Morgan fingerprint density at radius 3 is 2.22 bits per heavy atom. The molecule has 0 spiro atoms. The number of hydrogen-bond acceptors (Lipinski definition) is 5. The molecule has 0 bridgehead atoms. The summed E-state index contributed by atoms with van der Waals surface area (Å²) in [6.07, 6.45) is 0. The third-order valence-electron chi connectivity index (χ3n) is 4.55. The van der Waals surface area contributed by atoms with Crippen LogP contribution in [0.5, 0.6) is 0 Å². The number of benzene rings is 2. The van der Waals surface area contributed by atoms with Crippen LogP contribution in [0.2, 0.25) is 0 Å². The Kier molecular flexibility index (Phi) is 5.24. The standard InChI is InChI=1S/C18H19N3O5S/c1-14-13-15(7-8-17(14)21(23)24)18(22)19-9-11-20(12-10-19)27(25,26)16-5-3-2-4-6-16/h2-8,13H,9-12H2,1H3. The number of hydrogen-bond donors (Lipinski definition) is 0. The highest BCUT2D eigenvalue weighted by Crippen LogP contribution is 2.21. The second-order valence-electron chi connectivity index (χ2n) is 6.27. The average molecular weight is 389 g/mol. The van der Waals surface area contributed by atoms with Crippen LogP contribution in [0.4, 0.5) is 5.69 Å². The number of carbonyl (C=O) groups excluding carboxylic acids is 1. The summed E-state index contributed by atoms with van der Waals surface area (Å²) in [4.78, 5) is 24.9. The predicted molar refractivity (Wildman–Crippen MR) is 98.9 cm³/mol. The molecule has 0 aromatic heterocycles. The third kappa shape index (κ3) is 3.83. The Balaban J connectivity index is 1.70. The van der Waals surface area contributed by atoms with Crippen LogP contribution in [-0.2, 0) is 10.0 Å². The molecule has 9 heteroatoms. The molecule has 0 radical (unpaired) electrons. The normalized spacial score (nSPS) is 15.5. The Morgan fingerprint density at radius 2 is 1.67 bits per heavy atom. The minimum atomic E-state index is -3.58. The summed E-state index contributed by atoms with van der Waals surface area (Å²) in [5.74, 6) is -0.259. The highest BCUT2D eigenvalue weighted by Gasteiger charge is 2.30. The van der Waals surface area contributed by atoms with Gasteiger partial charge < -0.3 is 4.90 Å². The van der Waals surface area contributed by atoms with Gasteiger partial charge in [-0.3, -0.25) is 14.9 Å². The van der Waals surface area contributed by atoms with E-state index in [9.17, 15) is 23.3 Å². The lowest BCUT2D eigenvalue weighted by atomic mass is 10.1. The summed E-state index contributed by atoms with van der Waals surface area (Å²) in [5.41, 5.74) is 0.735. The maximum atomic E-state index is 12.6. The zero-order valence-electron chi connectivity index (χ0n) is 14.7. The molecule has 2 aromatic carbocycles. The van der Waals surface area contributed by atoms with Crippen LogP contribution in [0.15, 0.2) is 53.4 Å². The summed E-state index contributed by atoms with van der Waals surface area (Å²) >= 11 is 0. The van der Waals surface area contributed by atoms with Crippen molar-refractivity contribution in [3.63, 3.8) is 0 Å². The van der Waals surface area contributed by atoms with Gasteiger partial charge in [0.05, 0.1) is 9.82 Å². The van der Waals surface area contributed by atoms with Gasteiger partial charge >= 0.3 is 0 Å². The summed E-state index contributed by atoms with van der Waals surface area (Å²) < 4.78 is 26.6. The van der Waals surface area contributed by atoms with Gasteiger partial charge in [-0.05, 0) is 31.2 Å². The number of rotatable bonds is 4. The lowest BCUT2D eigenvalue weighted by molar-refractivity contribution is -0.385. The fraction of sp³-hybridized carbons (Fsp3) is 0.278. The van der Waals surface area contributed by atoms with Crippen molar-refractivity contribution < 1.29 is 18.1 Å². The van der Waals surface area contributed by atoms with Crippen molar-refractivity contribution in [2.45, 2.75) is 11.8 Å². The first-order valence-corrected chi connectivity index (χ1v) is 9.84. The Hall–Kier alpha value is -2.78. The van der Waals surface area contributed by atoms with E-state index in [-0.39, 0.29) is 42.7 Å². The molecule has 1 amide bonds. The molecular formula is C18H19N3O5S. The van der Waals surface area contributed by atoms with E-state index in [4.69, 9.17) is 0 Å². The van der Waals surface area contributed by atoms with Crippen molar-refractivity contribution in [1.29, 1.82) is 0 Å². The van der Waals surface area contributed by atoms with Gasteiger partial charge in [0.2, 0.25) is 10.0 Å². The largest absolute Gasteiger partial charge is 0.336 e. The highest BCUT2D eigenvalue weighted by molar-refractivity contribution is 7.89. The number of sulfonamides is 1. The molecule has 1 fully saturated rings. The van der Waals surface area contributed by atoms with E-state index in [0.717, 1.165) is 0 Å². The van der Waals surface area contributed by atoms with Gasteiger partial charge in [0.15, 0.2) is 0 Å². The van der Waals surface area contributed by atoms with Crippen molar-refractivity contribution in [2.24, 2.45) is 0 Å². The molecule has 0 aliphatic carbocycles. The van der Waals surface area contributed by atoms with E-state index >= 15 is 0 Å². The number of carbonyl (C=O) groups is 1. The fourth-order valence-corrected chi connectivity index (χ4v) is 4.49. The lowest BCUT2D eigenvalue weighted by Gasteiger charge is -2.34. The third-order valence-corrected chi connectivity index (χ3v) is 6.46. The van der Waals surface area contributed by atoms with Crippen molar-refractivity contribution in [1.82, 2.24) is 9.21 Å². The molecular weight excluding hydrogens is 370 g/mol. The van der Waals surface area contributed by atoms with Gasteiger partial charge in [-0.25, -0.2) is 8.42 Å². The van der Waals surface area contributed by atoms with E-state index in [1.165, 1.54) is 22.5 Å². The molecule has 2 aromatic rings. The maximum absolute atomic E-state index is 12.6. The first kappa shape index (κ1) is 19.0. The molecule has 8 nitrogen and oxygen atoms in total. The van der Waals surface area contributed by atoms with Crippen LogP contribution in [0.1, 0.15) is 15.9 Å². The minimum Gasteiger partial charge on any atom is -0.336 e. The highest BCUT2D eigenvalue weighted by atomic mass is 32.2. The summed E-state index contributed by atoms with van der Waals surface area (Å²) in [6, 6.07) is 12.4. The number of nitro groups is 1. The van der Waals surface area contributed by atoms with Gasteiger partial charge in [-0.2, -0.15) is 4.31 Å². The van der Waals surface area contributed by atoms with Crippen LogP contribution in [0, 0.1) is 17.0 Å². The van der Waals surface area contributed by atoms with Crippen LogP contribution in [-0.4, -0.2) is 54.6 Å². The van der Waals surface area contributed by atoms with Crippen LogP contribution < -0.4 is 0 Å². The van der Waals surface area contributed by atoms with E-state index in [1.54, 1.807) is 42.2 Å². The van der Waals surface area contributed by atoms with Gasteiger partial charge in [0.25, 0.3) is 11.6 Å². The number of amides is 1. The molecule has 1 saturated heterocycles. The number of nitrogens with zero attached hydrogens (tertiary/aromatic N) is 3. The minimum absolute atomic E-state index is 0.0367. The van der Waals surface area contributed by atoms with E-state index in [1.807, 2.05) is 0 Å². The van der Waals surface area contributed by atoms with Gasteiger partial charge in [0, 0.05) is 43.4 Å². The predicted octanol–water partition coefficient (Wildman–Crippen LogP) is 2.05. The van der Waals surface area contributed by atoms with Crippen molar-refractivity contribution in [2.75, 3.05) is 26.2 Å². The second-order valence-corrected chi connectivity index (χ2v) is 8.21. The average Bonchev–Trinajstić information content (AvgIpc) is 2.68. The number of aryl methyl sites for hydroxylation is 1. The Morgan fingerprint density at radius 1 is 1.04 bits per heavy atom. The molecule has 0 unspecified atom stereocenters. The molecule has 0 N–H and O–H groups in total. The first-order chi connectivity index (χ1) is 12.8. The molecule has 1 heterocycles. The van der Waals surface area contributed by atoms with Crippen molar-refractivity contribution in [3.8, 4) is 0 Å². The molecule has 0 atom stereocenters. The molecule has 0 saturated carbocycles. The van der Waals surface area contributed by atoms with Gasteiger partial charge in [0.1, 0.15) is 0 Å². The second kappa shape index (κ2) is 7.45. The number of nitro benzene ring substituents is 1. The summed E-state index contributed by atoms with van der Waals surface area (Å²) in [5, 5.41) is 10.9. The van der Waals surface area contributed by atoms with Crippen LogP contribution in [0.3, 0.4) is 0 Å². The van der Waals surface area contributed by atoms with Crippen LogP contribution in [0.25, 0.3) is 0 Å². The first-order valence-electron chi connectivity index (χ1n) is 8.40. The Labute approximate surface area is 157 Å². The van der Waals surface area contributed by atoms with E-state index in [2.05, 4.69) is 0 Å². The smallest absolute Gasteiger partial charge is 0.272 e. The monoisotopic (exact) mass is 389 g/mol. The molecule has 27 heavy (non-hydrogen) atoms. The summed E-state index contributed by atoms with van der Waals surface area (Å²) in [7, 11) is -3.58. The summed E-state index contributed by atoms with van der Waals surface area (Å²) in [6.45, 7) is 2.52. The van der Waals surface area contributed by atoms with Gasteiger partial charge in [-0.1, -0.05) is 18.2 Å². The molecule has 142 valence electrons. The quantitative estimate of drug-likeness (QED) is 0.588. The van der Waals surface area contributed by atoms with Crippen LogP contribution >= 0.6 is 0 Å².